The smallest absolute Gasteiger partial charge is 0.0720 e. The van der Waals surface area contributed by atoms with Crippen molar-refractivity contribution in [3.05, 3.63) is 66.7 Å². The molecule has 3 aromatic rings. The van der Waals surface area contributed by atoms with Crippen LogP contribution in [-0.4, -0.2) is 35.2 Å². The molecule has 0 spiro atoms. The van der Waals surface area contributed by atoms with Crippen LogP contribution in [0, 0.1) is 0 Å². The minimum absolute atomic E-state index is 1.17. The maximum Gasteiger partial charge on any atom is 0.0720 e. The fraction of sp³-hybridized carbons (Fsp3) is 0.217. The zero-order valence-electron chi connectivity index (χ0n) is 16.6. The predicted molar refractivity (Wildman–Crippen MR) is 118 cm³/mol. The Labute approximate surface area is 161 Å². The highest BCUT2D eigenvalue weighted by molar-refractivity contribution is 5.99. The van der Waals surface area contributed by atoms with E-state index in [1.54, 1.807) is 0 Å². The third-order valence-corrected chi connectivity index (χ3v) is 5.17. The van der Waals surface area contributed by atoms with Gasteiger partial charge in [0.25, 0.3) is 0 Å². The predicted octanol–water partition coefficient (Wildman–Crippen LogP) is 5.37. The van der Waals surface area contributed by atoms with E-state index in [1.165, 1.54) is 39.8 Å². The molecule has 0 bridgehead atoms. The lowest BCUT2D eigenvalue weighted by Crippen LogP contribution is -2.25. The van der Waals surface area contributed by atoms with Crippen LogP contribution in [0.15, 0.2) is 66.7 Å². The maximum absolute atomic E-state index is 2.37. The zero-order chi connectivity index (χ0) is 19.1. The van der Waals surface area contributed by atoms with Crippen molar-refractivity contribution in [1.82, 2.24) is 0 Å². The largest absolute Gasteiger partial charge is 0.378 e. The van der Waals surface area contributed by atoms with Gasteiger partial charge in [-0.3, -0.25) is 0 Å². The molecule has 0 saturated carbocycles. The molecule has 0 atom stereocenters. The average Bonchev–Trinajstić information content (AvgIpc) is 2.68. The van der Waals surface area contributed by atoms with Crippen LogP contribution in [-0.2, 0) is 0 Å². The quantitative estimate of drug-likeness (QED) is 0.624. The lowest BCUT2D eigenvalue weighted by molar-refractivity contribution is 1.09. The normalized spacial score (nSPS) is 12.5. The highest BCUT2D eigenvalue weighted by Gasteiger charge is 2.28. The highest BCUT2D eigenvalue weighted by atomic mass is 15.3. The Morgan fingerprint density at radius 2 is 1.07 bits per heavy atom. The molecule has 0 aliphatic carbocycles. The number of rotatable bonds is 3. The third-order valence-electron chi connectivity index (χ3n) is 5.17. The Morgan fingerprint density at radius 1 is 0.593 bits per heavy atom. The van der Waals surface area contributed by atoms with Crippen molar-refractivity contribution in [2.45, 2.75) is 0 Å². The minimum Gasteiger partial charge on any atom is -0.378 e. The maximum atomic E-state index is 2.37. The van der Waals surface area contributed by atoms with E-state index in [2.05, 4.69) is 122 Å². The first-order valence-electron chi connectivity index (χ1n) is 9.19. The van der Waals surface area contributed by atoms with Crippen LogP contribution >= 0.6 is 0 Å². The summed E-state index contributed by atoms with van der Waals surface area (Å²) >= 11 is 0. The van der Waals surface area contributed by atoms with Gasteiger partial charge in [-0.15, -0.1) is 0 Å². The number of para-hydroxylation sites is 1. The second-order valence-corrected chi connectivity index (χ2v) is 7.36. The molecule has 0 amide bonds. The lowest BCUT2D eigenvalue weighted by atomic mass is 10.0. The molecule has 138 valence electrons. The average molecular weight is 358 g/mol. The second-order valence-electron chi connectivity index (χ2n) is 7.36. The molecule has 0 aromatic heterocycles. The summed E-state index contributed by atoms with van der Waals surface area (Å²) in [5.41, 5.74) is 8.34. The molecule has 3 aromatic carbocycles. The second kappa shape index (κ2) is 6.54. The first kappa shape index (κ1) is 17.3. The number of anilines is 7. The molecule has 4 rings (SSSR count). The van der Waals surface area contributed by atoms with E-state index in [-0.39, 0.29) is 0 Å². The molecule has 4 nitrogen and oxygen atoms in total. The molecular formula is C23H26N4. The summed E-state index contributed by atoms with van der Waals surface area (Å²) in [5.74, 6) is 0. The van der Waals surface area contributed by atoms with Gasteiger partial charge in [-0.25, -0.2) is 0 Å². The van der Waals surface area contributed by atoms with Crippen LogP contribution in [0.5, 0.6) is 0 Å². The van der Waals surface area contributed by atoms with Crippen molar-refractivity contribution in [3.8, 4) is 0 Å². The topological polar surface area (TPSA) is 13.0 Å². The fourth-order valence-corrected chi connectivity index (χ4v) is 3.62. The Bertz CT molecular complexity index is 904. The molecule has 1 aliphatic heterocycles. The molecule has 0 radical (unpaired) electrons. The van der Waals surface area contributed by atoms with Crippen LogP contribution in [0.1, 0.15) is 0 Å². The van der Waals surface area contributed by atoms with Crippen LogP contribution < -0.4 is 19.6 Å². The summed E-state index contributed by atoms with van der Waals surface area (Å²) < 4.78 is 0. The van der Waals surface area contributed by atoms with E-state index in [0.717, 1.165) is 0 Å². The van der Waals surface area contributed by atoms with Crippen LogP contribution in [0.2, 0.25) is 0 Å². The summed E-state index contributed by atoms with van der Waals surface area (Å²) in [5, 5.41) is 0. The summed E-state index contributed by atoms with van der Waals surface area (Å²) in [6.45, 7) is 0. The summed E-state index contributed by atoms with van der Waals surface area (Å²) in [6.07, 6.45) is 0. The van der Waals surface area contributed by atoms with Gasteiger partial charge in [-0.1, -0.05) is 18.2 Å². The zero-order valence-corrected chi connectivity index (χ0v) is 16.6. The molecule has 0 N–H and O–H groups in total. The minimum atomic E-state index is 1.17. The summed E-state index contributed by atoms with van der Waals surface area (Å²) in [6, 6.07) is 23.9. The van der Waals surface area contributed by atoms with Gasteiger partial charge in [0.1, 0.15) is 0 Å². The number of fused-ring (bicyclic) bond motifs is 2. The number of hydrogen-bond donors (Lipinski definition) is 0. The molecule has 0 unspecified atom stereocenters. The van der Waals surface area contributed by atoms with Crippen LogP contribution in [0.25, 0.3) is 0 Å². The number of hydrogen-bond acceptors (Lipinski definition) is 4. The standard InChI is InChI=1S/C23H26N4/c1-24(2)18-11-13-20-22(15-18)27(17-9-7-6-8-10-17)23-16-19(25(3)4)12-14-21(23)26(20)5/h6-16H,1-5H3. The van der Waals surface area contributed by atoms with Gasteiger partial charge >= 0.3 is 0 Å². The van der Waals surface area contributed by atoms with Crippen LogP contribution in [0.3, 0.4) is 0 Å². The van der Waals surface area contributed by atoms with E-state index < -0.39 is 0 Å². The number of nitrogens with zero attached hydrogens (tertiary/aromatic N) is 4. The van der Waals surface area contributed by atoms with Crippen molar-refractivity contribution in [2.24, 2.45) is 0 Å². The Kier molecular flexibility index (Phi) is 4.19. The van der Waals surface area contributed by atoms with Crippen molar-refractivity contribution in [3.63, 3.8) is 0 Å². The Morgan fingerprint density at radius 3 is 1.52 bits per heavy atom. The van der Waals surface area contributed by atoms with E-state index >= 15 is 0 Å². The fourth-order valence-electron chi connectivity index (χ4n) is 3.62. The van der Waals surface area contributed by atoms with Gasteiger partial charge in [0.15, 0.2) is 0 Å². The molecule has 0 fully saturated rings. The molecule has 1 heterocycles. The first-order valence-corrected chi connectivity index (χ1v) is 9.19. The first-order chi connectivity index (χ1) is 13.0. The van der Waals surface area contributed by atoms with Crippen molar-refractivity contribution < 1.29 is 0 Å². The monoisotopic (exact) mass is 358 g/mol. The van der Waals surface area contributed by atoms with Gasteiger partial charge in [-0.2, -0.15) is 0 Å². The Balaban J connectivity index is 1.99. The van der Waals surface area contributed by atoms with E-state index in [1.807, 2.05) is 0 Å². The highest BCUT2D eigenvalue weighted by Crippen LogP contribution is 2.52. The lowest BCUT2D eigenvalue weighted by Gasteiger charge is -2.39. The van der Waals surface area contributed by atoms with Gasteiger partial charge in [0.2, 0.25) is 0 Å². The van der Waals surface area contributed by atoms with Gasteiger partial charge in [0.05, 0.1) is 22.7 Å². The summed E-state index contributed by atoms with van der Waals surface area (Å²) in [4.78, 5) is 8.94. The third kappa shape index (κ3) is 2.87. The van der Waals surface area contributed by atoms with Crippen molar-refractivity contribution in [2.75, 3.05) is 54.8 Å². The van der Waals surface area contributed by atoms with Crippen molar-refractivity contribution in [1.29, 1.82) is 0 Å². The van der Waals surface area contributed by atoms with Gasteiger partial charge < -0.3 is 19.6 Å². The van der Waals surface area contributed by atoms with Crippen molar-refractivity contribution >= 4 is 39.8 Å². The Hall–Kier alpha value is -3.14. The van der Waals surface area contributed by atoms with E-state index in [9.17, 15) is 0 Å². The molecule has 1 aliphatic rings. The summed E-state index contributed by atoms with van der Waals surface area (Å²) in [7, 11) is 10.5. The number of benzene rings is 3. The van der Waals surface area contributed by atoms with Gasteiger partial charge in [0, 0.05) is 52.3 Å². The molecule has 0 saturated heterocycles. The molecule has 27 heavy (non-hydrogen) atoms. The van der Waals surface area contributed by atoms with Crippen LogP contribution in [0.4, 0.5) is 39.8 Å². The molecular weight excluding hydrogens is 332 g/mol. The SMILES string of the molecule is CN(C)c1ccc2c(c1)N(c1ccccc1)c1cc(N(C)C)ccc1N2C. The molecule has 4 heteroatoms. The van der Waals surface area contributed by atoms with Gasteiger partial charge in [-0.05, 0) is 48.5 Å². The van der Waals surface area contributed by atoms with E-state index in [4.69, 9.17) is 0 Å². The van der Waals surface area contributed by atoms with E-state index in [0.29, 0.717) is 0 Å².